The van der Waals surface area contributed by atoms with Crippen LogP contribution >= 0.6 is 0 Å². The summed E-state index contributed by atoms with van der Waals surface area (Å²) in [5.74, 6) is 0. The van der Waals surface area contributed by atoms with E-state index in [0.717, 1.165) is 11.3 Å². The molecule has 0 aliphatic rings. The lowest BCUT2D eigenvalue weighted by Crippen LogP contribution is -2.21. The molecule has 0 heterocycles. The average Bonchev–Trinajstić information content (AvgIpc) is 2.36. The Hall–Kier alpha value is -2.05. The molecular formula is C13H15N3O2S. The van der Waals surface area contributed by atoms with E-state index in [2.05, 4.69) is 10.0 Å². The van der Waals surface area contributed by atoms with Gasteiger partial charge in [0.05, 0.1) is 5.69 Å². The smallest absolute Gasteiger partial charge is 0.296 e. The molecule has 0 radical (unpaired) electrons. The van der Waals surface area contributed by atoms with Crippen molar-refractivity contribution in [1.29, 1.82) is 0 Å². The molecule has 0 aromatic heterocycles. The van der Waals surface area contributed by atoms with Gasteiger partial charge in [-0.15, -0.1) is 0 Å². The topological polar surface area (TPSA) is 84.2 Å². The summed E-state index contributed by atoms with van der Waals surface area (Å²) < 4.78 is 24.1. The van der Waals surface area contributed by atoms with Crippen LogP contribution in [0.2, 0.25) is 0 Å². The van der Waals surface area contributed by atoms with Gasteiger partial charge in [-0.25, -0.2) is 5.14 Å². The Morgan fingerprint density at radius 3 is 2.32 bits per heavy atom. The number of anilines is 2. The Labute approximate surface area is 112 Å². The van der Waals surface area contributed by atoms with Gasteiger partial charge in [-0.1, -0.05) is 36.4 Å². The van der Waals surface area contributed by atoms with Crippen LogP contribution in [0.3, 0.4) is 0 Å². The van der Waals surface area contributed by atoms with Crippen LogP contribution in [-0.2, 0) is 16.8 Å². The zero-order valence-corrected chi connectivity index (χ0v) is 11.0. The van der Waals surface area contributed by atoms with Gasteiger partial charge in [0.15, 0.2) is 0 Å². The second-order valence-electron chi connectivity index (χ2n) is 4.07. The molecule has 0 saturated heterocycles. The first kappa shape index (κ1) is 13.4. The quantitative estimate of drug-likeness (QED) is 0.780. The van der Waals surface area contributed by atoms with Crippen LogP contribution < -0.4 is 15.2 Å². The molecule has 6 heteroatoms. The average molecular weight is 277 g/mol. The maximum Gasteiger partial charge on any atom is 0.296 e. The van der Waals surface area contributed by atoms with Crippen LogP contribution in [0, 0.1) is 0 Å². The van der Waals surface area contributed by atoms with Crippen molar-refractivity contribution in [3.05, 3.63) is 60.2 Å². The minimum Gasteiger partial charge on any atom is -0.381 e. The second-order valence-corrected chi connectivity index (χ2v) is 5.36. The lowest BCUT2D eigenvalue weighted by atomic mass is 10.2. The molecule has 2 rings (SSSR count). The lowest BCUT2D eigenvalue weighted by Gasteiger charge is -2.09. The number of nitrogens with one attached hydrogen (secondary N) is 2. The van der Waals surface area contributed by atoms with Gasteiger partial charge < -0.3 is 5.32 Å². The van der Waals surface area contributed by atoms with Crippen molar-refractivity contribution in [2.45, 2.75) is 6.54 Å². The highest BCUT2D eigenvalue weighted by Gasteiger charge is 2.02. The van der Waals surface area contributed by atoms with E-state index in [4.69, 9.17) is 5.14 Å². The molecule has 0 bridgehead atoms. The highest BCUT2D eigenvalue weighted by atomic mass is 32.2. The van der Waals surface area contributed by atoms with Gasteiger partial charge in [-0.3, -0.25) is 4.72 Å². The van der Waals surface area contributed by atoms with E-state index in [1.807, 2.05) is 36.4 Å². The third-order valence-electron chi connectivity index (χ3n) is 2.46. The van der Waals surface area contributed by atoms with Gasteiger partial charge in [-0.2, -0.15) is 8.42 Å². The minimum absolute atomic E-state index is 0.431. The van der Waals surface area contributed by atoms with Crippen LogP contribution in [0.4, 0.5) is 11.4 Å². The molecule has 0 atom stereocenters. The van der Waals surface area contributed by atoms with Gasteiger partial charge in [0.2, 0.25) is 0 Å². The van der Waals surface area contributed by atoms with Gasteiger partial charge in [0.25, 0.3) is 10.2 Å². The fraction of sp³-hybridized carbons (Fsp3) is 0.0769. The van der Waals surface area contributed by atoms with Crippen molar-refractivity contribution in [1.82, 2.24) is 0 Å². The molecule has 0 unspecified atom stereocenters. The Bertz CT molecular complexity index is 642. The molecule has 2 aromatic carbocycles. The Morgan fingerprint density at radius 1 is 0.947 bits per heavy atom. The first-order valence-corrected chi connectivity index (χ1v) is 7.26. The molecule has 5 nitrogen and oxygen atoms in total. The normalized spacial score (nSPS) is 11.0. The molecule has 2 aromatic rings. The summed E-state index contributed by atoms with van der Waals surface area (Å²) in [5, 5.41) is 8.13. The summed E-state index contributed by atoms with van der Waals surface area (Å²) >= 11 is 0. The molecule has 4 N–H and O–H groups in total. The highest BCUT2D eigenvalue weighted by Crippen LogP contribution is 2.16. The van der Waals surface area contributed by atoms with Gasteiger partial charge in [0.1, 0.15) is 0 Å². The van der Waals surface area contributed by atoms with Crippen molar-refractivity contribution in [3.63, 3.8) is 0 Å². The summed E-state index contributed by atoms with van der Waals surface area (Å²) in [7, 11) is -3.74. The third kappa shape index (κ3) is 4.61. The van der Waals surface area contributed by atoms with Crippen molar-refractivity contribution >= 4 is 21.6 Å². The zero-order chi connectivity index (χ0) is 13.7. The Morgan fingerprint density at radius 2 is 1.63 bits per heavy atom. The number of benzene rings is 2. The summed E-state index contributed by atoms with van der Waals surface area (Å²) in [6.45, 7) is 0.666. The molecule has 0 aliphatic heterocycles. The van der Waals surface area contributed by atoms with Crippen LogP contribution in [-0.4, -0.2) is 8.42 Å². The van der Waals surface area contributed by atoms with E-state index in [1.165, 1.54) is 0 Å². The standard InChI is InChI=1S/C13H15N3O2S/c14-19(17,18)16-13-8-4-7-12(9-13)15-10-11-5-2-1-3-6-11/h1-9,15-16H,10H2,(H2,14,17,18). The number of rotatable bonds is 5. The molecule has 19 heavy (non-hydrogen) atoms. The SMILES string of the molecule is NS(=O)(=O)Nc1cccc(NCc2ccccc2)c1. The summed E-state index contributed by atoms with van der Waals surface area (Å²) in [6, 6.07) is 16.9. The van der Waals surface area contributed by atoms with Crippen molar-refractivity contribution in [2.75, 3.05) is 10.0 Å². The minimum atomic E-state index is -3.74. The molecule has 0 spiro atoms. The van der Waals surface area contributed by atoms with Crippen molar-refractivity contribution in [2.24, 2.45) is 5.14 Å². The number of hydrogen-bond donors (Lipinski definition) is 3. The lowest BCUT2D eigenvalue weighted by molar-refractivity contribution is 0.603. The first-order chi connectivity index (χ1) is 9.03. The maximum atomic E-state index is 10.9. The Balaban J connectivity index is 2.03. The fourth-order valence-electron chi connectivity index (χ4n) is 1.66. The van der Waals surface area contributed by atoms with Crippen LogP contribution in [0.15, 0.2) is 54.6 Å². The summed E-state index contributed by atoms with van der Waals surface area (Å²) in [6.07, 6.45) is 0. The first-order valence-electron chi connectivity index (χ1n) is 5.71. The fourth-order valence-corrected chi connectivity index (χ4v) is 2.11. The molecule has 0 saturated carbocycles. The summed E-state index contributed by atoms with van der Waals surface area (Å²) in [4.78, 5) is 0. The van der Waals surface area contributed by atoms with E-state index in [1.54, 1.807) is 18.2 Å². The number of nitrogens with two attached hydrogens (primary N) is 1. The predicted octanol–water partition coefficient (Wildman–Crippen LogP) is 1.91. The zero-order valence-electron chi connectivity index (χ0n) is 10.2. The third-order valence-corrected chi connectivity index (χ3v) is 2.98. The number of hydrogen-bond acceptors (Lipinski definition) is 3. The van der Waals surface area contributed by atoms with Gasteiger partial charge in [0, 0.05) is 12.2 Å². The van der Waals surface area contributed by atoms with Crippen LogP contribution in [0.5, 0.6) is 0 Å². The van der Waals surface area contributed by atoms with Crippen LogP contribution in [0.25, 0.3) is 0 Å². The van der Waals surface area contributed by atoms with E-state index in [0.29, 0.717) is 12.2 Å². The maximum absolute atomic E-state index is 10.9. The van der Waals surface area contributed by atoms with Crippen molar-refractivity contribution in [3.8, 4) is 0 Å². The highest BCUT2D eigenvalue weighted by molar-refractivity contribution is 7.90. The van der Waals surface area contributed by atoms with Crippen molar-refractivity contribution < 1.29 is 8.42 Å². The van der Waals surface area contributed by atoms with Crippen LogP contribution in [0.1, 0.15) is 5.56 Å². The Kier molecular flexibility index (Phi) is 4.03. The largest absolute Gasteiger partial charge is 0.381 e. The van der Waals surface area contributed by atoms with E-state index >= 15 is 0 Å². The second kappa shape index (κ2) is 5.73. The van der Waals surface area contributed by atoms with Gasteiger partial charge in [-0.05, 0) is 23.8 Å². The van der Waals surface area contributed by atoms with Gasteiger partial charge >= 0.3 is 0 Å². The van der Waals surface area contributed by atoms with E-state index in [-0.39, 0.29) is 0 Å². The van der Waals surface area contributed by atoms with E-state index in [9.17, 15) is 8.42 Å². The summed E-state index contributed by atoms with van der Waals surface area (Å²) in [5.41, 5.74) is 2.39. The molecule has 0 aliphatic carbocycles. The molecule has 100 valence electrons. The molecular weight excluding hydrogens is 262 g/mol. The molecule has 0 amide bonds. The monoisotopic (exact) mass is 277 g/mol. The molecule has 0 fully saturated rings. The van der Waals surface area contributed by atoms with E-state index < -0.39 is 10.2 Å². The predicted molar refractivity (Wildman–Crippen MR) is 76.9 cm³/mol.